The van der Waals surface area contributed by atoms with Crippen molar-refractivity contribution in [1.29, 1.82) is 0 Å². The number of nitrogen functional groups attached to an aromatic ring is 1. The number of nitrogens with two attached hydrogens (primary N) is 1. The highest BCUT2D eigenvalue weighted by Crippen LogP contribution is 2.18. The Balaban J connectivity index is 2.07. The molecule has 0 saturated heterocycles. The van der Waals surface area contributed by atoms with Crippen LogP contribution in [0.3, 0.4) is 0 Å². The van der Waals surface area contributed by atoms with Gasteiger partial charge in [-0.1, -0.05) is 19.1 Å². The van der Waals surface area contributed by atoms with Gasteiger partial charge in [0.15, 0.2) is 0 Å². The average molecular weight is 270 g/mol. The second kappa shape index (κ2) is 6.61. The molecule has 2 rings (SSSR count). The quantitative estimate of drug-likeness (QED) is 0.819. The molecule has 0 radical (unpaired) electrons. The zero-order valence-electron chi connectivity index (χ0n) is 11.4. The van der Waals surface area contributed by atoms with E-state index in [-0.39, 0.29) is 5.91 Å². The number of carbonyl (C=O) groups excluding carboxylic acids is 1. The molecule has 0 aliphatic carbocycles. The summed E-state index contributed by atoms with van der Waals surface area (Å²) in [5.74, 6) is 0.558. The van der Waals surface area contributed by atoms with E-state index in [1.54, 1.807) is 30.3 Å². The molecule has 104 valence electrons. The molecule has 4 heteroatoms. The van der Waals surface area contributed by atoms with Crippen molar-refractivity contribution in [2.24, 2.45) is 0 Å². The normalized spacial score (nSPS) is 10.1. The van der Waals surface area contributed by atoms with Crippen molar-refractivity contribution in [3.63, 3.8) is 0 Å². The molecule has 0 spiro atoms. The number of anilines is 2. The van der Waals surface area contributed by atoms with E-state index in [9.17, 15) is 4.79 Å². The topological polar surface area (TPSA) is 64.3 Å². The maximum atomic E-state index is 12.1. The Kier molecular flexibility index (Phi) is 4.60. The van der Waals surface area contributed by atoms with E-state index < -0.39 is 0 Å². The summed E-state index contributed by atoms with van der Waals surface area (Å²) in [5, 5.41) is 2.83. The minimum atomic E-state index is -0.190. The summed E-state index contributed by atoms with van der Waals surface area (Å²) in [6.07, 6.45) is 0.944. The van der Waals surface area contributed by atoms with Crippen molar-refractivity contribution >= 4 is 17.3 Å². The van der Waals surface area contributed by atoms with Crippen molar-refractivity contribution in [2.45, 2.75) is 13.3 Å². The number of hydrogen-bond donors (Lipinski definition) is 2. The third-order valence-corrected chi connectivity index (χ3v) is 2.71. The second-order valence-electron chi connectivity index (χ2n) is 4.46. The predicted octanol–water partition coefficient (Wildman–Crippen LogP) is 3.31. The molecule has 0 heterocycles. The monoisotopic (exact) mass is 270 g/mol. The number of rotatable bonds is 5. The first kappa shape index (κ1) is 13.9. The van der Waals surface area contributed by atoms with Crippen molar-refractivity contribution < 1.29 is 9.53 Å². The standard InChI is InChI=1S/C16H18N2O2/c1-2-9-20-15-8-4-7-14(11-15)18-16(19)12-5-3-6-13(17)10-12/h3-8,10-11H,2,9,17H2,1H3,(H,18,19). The van der Waals surface area contributed by atoms with Crippen LogP contribution in [-0.2, 0) is 0 Å². The van der Waals surface area contributed by atoms with E-state index in [4.69, 9.17) is 10.5 Å². The van der Waals surface area contributed by atoms with E-state index in [2.05, 4.69) is 5.32 Å². The number of ether oxygens (including phenoxy) is 1. The summed E-state index contributed by atoms with van der Waals surface area (Å²) < 4.78 is 5.53. The van der Waals surface area contributed by atoms with E-state index >= 15 is 0 Å². The van der Waals surface area contributed by atoms with Crippen molar-refractivity contribution in [3.8, 4) is 5.75 Å². The maximum Gasteiger partial charge on any atom is 0.255 e. The van der Waals surface area contributed by atoms with Gasteiger partial charge in [0.2, 0.25) is 0 Å². The van der Waals surface area contributed by atoms with E-state index in [1.165, 1.54) is 0 Å². The molecule has 0 unspecified atom stereocenters. The van der Waals surface area contributed by atoms with Gasteiger partial charge >= 0.3 is 0 Å². The fourth-order valence-electron chi connectivity index (χ4n) is 1.77. The Bertz CT molecular complexity index is 597. The third-order valence-electron chi connectivity index (χ3n) is 2.71. The fraction of sp³-hybridized carbons (Fsp3) is 0.188. The lowest BCUT2D eigenvalue weighted by Crippen LogP contribution is -2.12. The Morgan fingerprint density at radius 1 is 1.20 bits per heavy atom. The lowest BCUT2D eigenvalue weighted by molar-refractivity contribution is 0.102. The third kappa shape index (κ3) is 3.75. The van der Waals surface area contributed by atoms with Crippen molar-refractivity contribution in [2.75, 3.05) is 17.7 Å². The van der Waals surface area contributed by atoms with Gasteiger partial charge in [-0.3, -0.25) is 4.79 Å². The number of hydrogen-bond acceptors (Lipinski definition) is 3. The first-order chi connectivity index (χ1) is 9.69. The molecule has 0 atom stereocenters. The first-order valence-electron chi connectivity index (χ1n) is 6.59. The zero-order valence-corrected chi connectivity index (χ0v) is 11.4. The molecule has 0 aromatic heterocycles. The lowest BCUT2D eigenvalue weighted by Gasteiger charge is -2.09. The highest BCUT2D eigenvalue weighted by molar-refractivity contribution is 6.04. The van der Waals surface area contributed by atoms with Gasteiger partial charge in [0.25, 0.3) is 5.91 Å². The molecular formula is C16H18N2O2. The molecule has 0 bridgehead atoms. The fourth-order valence-corrected chi connectivity index (χ4v) is 1.77. The summed E-state index contributed by atoms with van der Waals surface area (Å²) in [6.45, 7) is 2.71. The van der Waals surface area contributed by atoms with Crippen LogP contribution in [0.5, 0.6) is 5.75 Å². The highest BCUT2D eigenvalue weighted by Gasteiger charge is 2.06. The summed E-state index contributed by atoms with van der Waals surface area (Å²) in [4.78, 5) is 12.1. The lowest BCUT2D eigenvalue weighted by atomic mass is 10.2. The van der Waals surface area contributed by atoms with E-state index in [0.717, 1.165) is 12.2 Å². The summed E-state index contributed by atoms with van der Waals surface area (Å²) >= 11 is 0. The van der Waals surface area contributed by atoms with Gasteiger partial charge < -0.3 is 15.8 Å². The van der Waals surface area contributed by atoms with Crippen LogP contribution in [0, 0.1) is 0 Å². The molecule has 1 amide bonds. The van der Waals surface area contributed by atoms with Crippen molar-refractivity contribution in [1.82, 2.24) is 0 Å². The van der Waals surface area contributed by atoms with Gasteiger partial charge in [-0.25, -0.2) is 0 Å². The van der Waals surface area contributed by atoms with Gasteiger partial charge in [-0.2, -0.15) is 0 Å². The Labute approximate surface area is 118 Å². The highest BCUT2D eigenvalue weighted by atomic mass is 16.5. The van der Waals surface area contributed by atoms with Gasteiger partial charge in [-0.15, -0.1) is 0 Å². The Morgan fingerprint density at radius 2 is 2.00 bits per heavy atom. The predicted molar refractivity (Wildman–Crippen MR) is 81.0 cm³/mol. The molecule has 4 nitrogen and oxygen atoms in total. The van der Waals surface area contributed by atoms with Gasteiger partial charge in [0, 0.05) is 23.0 Å². The van der Waals surface area contributed by atoms with Crippen LogP contribution in [0.15, 0.2) is 48.5 Å². The van der Waals surface area contributed by atoms with E-state index in [0.29, 0.717) is 23.5 Å². The molecule has 3 N–H and O–H groups in total. The van der Waals surface area contributed by atoms with Crippen molar-refractivity contribution in [3.05, 3.63) is 54.1 Å². The minimum Gasteiger partial charge on any atom is -0.494 e. The average Bonchev–Trinajstić information content (AvgIpc) is 2.45. The van der Waals surface area contributed by atoms with Crippen LogP contribution in [-0.4, -0.2) is 12.5 Å². The SMILES string of the molecule is CCCOc1cccc(NC(=O)c2cccc(N)c2)c1. The molecule has 2 aromatic carbocycles. The molecule has 0 aliphatic rings. The summed E-state index contributed by atoms with van der Waals surface area (Å²) in [6, 6.07) is 14.2. The van der Waals surface area contributed by atoms with E-state index in [1.807, 2.05) is 25.1 Å². The first-order valence-corrected chi connectivity index (χ1v) is 6.59. The number of nitrogens with one attached hydrogen (secondary N) is 1. The number of amides is 1. The van der Waals surface area contributed by atoms with Crippen LogP contribution >= 0.6 is 0 Å². The van der Waals surface area contributed by atoms with Crippen LogP contribution in [0.2, 0.25) is 0 Å². The molecule has 20 heavy (non-hydrogen) atoms. The molecule has 0 aliphatic heterocycles. The zero-order chi connectivity index (χ0) is 14.4. The van der Waals surface area contributed by atoms with Crippen LogP contribution in [0.1, 0.15) is 23.7 Å². The van der Waals surface area contributed by atoms with Crippen LogP contribution in [0.25, 0.3) is 0 Å². The maximum absolute atomic E-state index is 12.1. The van der Waals surface area contributed by atoms with Crippen LogP contribution < -0.4 is 15.8 Å². The Hall–Kier alpha value is -2.49. The van der Waals surface area contributed by atoms with Gasteiger partial charge in [0.05, 0.1) is 6.61 Å². The number of benzene rings is 2. The van der Waals surface area contributed by atoms with Gasteiger partial charge in [-0.05, 0) is 36.8 Å². The van der Waals surface area contributed by atoms with Gasteiger partial charge in [0.1, 0.15) is 5.75 Å². The summed E-state index contributed by atoms with van der Waals surface area (Å²) in [5.41, 5.74) is 7.47. The molecule has 2 aromatic rings. The second-order valence-corrected chi connectivity index (χ2v) is 4.46. The largest absolute Gasteiger partial charge is 0.494 e. The smallest absolute Gasteiger partial charge is 0.255 e. The Morgan fingerprint density at radius 3 is 2.75 bits per heavy atom. The molecular weight excluding hydrogens is 252 g/mol. The summed E-state index contributed by atoms with van der Waals surface area (Å²) in [7, 11) is 0. The molecule has 0 fully saturated rings. The minimum absolute atomic E-state index is 0.190. The number of carbonyl (C=O) groups is 1. The molecule has 0 saturated carbocycles. The van der Waals surface area contributed by atoms with Crippen LogP contribution in [0.4, 0.5) is 11.4 Å².